The summed E-state index contributed by atoms with van der Waals surface area (Å²) in [6, 6.07) is 0. The Labute approximate surface area is 77.9 Å². The van der Waals surface area contributed by atoms with Crippen LogP contribution in [-0.2, 0) is 0 Å². The monoisotopic (exact) mass is 187 g/mol. The quantitative estimate of drug-likeness (QED) is 0.414. The number of hydrogen-bond donors (Lipinski definition) is 3. The van der Waals surface area contributed by atoms with Crippen LogP contribution in [0.2, 0.25) is 0 Å². The Morgan fingerprint density at radius 1 is 1.00 bits per heavy atom. The van der Waals surface area contributed by atoms with Gasteiger partial charge in [0, 0.05) is 26.2 Å². The lowest BCUT2D eigenvalue weighted by Gasteiger charge is -2.04. The van der Waals surface area contributed by atoms with E-state index in [1.807, 2.05) is 0 Å². The van der Waals surface area contributed by atoms with Crippen LogP contribution in [0.3, 0.4) is 0 Å². The molecule has 2 aliphatic rings. The number of rotatable bonds is 6. The van der Waals surface area contributed by atoms with E-state index in [0.717, 1.165) is 26.2 Å². The molecule has 2 aliphatic heterocycles. The molecule has 4 atom stereocenters. The van der Waals surface area contributed by atoms with Gasteiger partial charge in [-0.25, -0.2) is 0 Å². The summed E-state index contributed by atoms with van der Waals surface area (Å²) < 4.78 is 0. The van der Waals surface area contributed by atoms with Crippen LogP contribution >= 0.6 is 0 Å². The van der Waals surface area contributed by atoms with Gasteiger partial charge in [-0.3, -0.25) is 15.1 Å². The van der Waals surface area contributed by atoms with Gasteiger partial charge in [-0.05, 0) is 0 Å². The lowest BCUT2D eigenvalue weighted by Crippen LogP contribution is -2.29. The van der Waals surface area contributed by atoms with Gasteiger partial charge in [0.25, 0.3) is 0 Å². The highest BCUT2D eigenvalue weighted by Crippen LogP contribution is 2.20. The van der Waals surface area contributed by atoms with Gasteiger partial charge in [0.15, 0.2) is 0 Å². The molecule has 5 heteroatoms. The highest BCUT2D eigenvalue weighted by molar-refractivity contribution is 4.95. The number of nitrogens with zero attached hydrogens (tertiary/aromatic N) is 2. The van der Waals surface area contributed by atoms with Crippen molar-refractivity contribution in [3.05, 3.63) is 0 Å². The Kier molecular flexibility index (Phi) is 2.80. The maximum Gasteiger partial charge on any atom is 0.0743 e. The maximum absolute atomic E-state index is 8.67. The van der Waals surface area contributed by atoms with Gasteiger partial charge in [0.1, 0.15) is 0 Å². The van der Waals surface area contributed by atoms with E-state index in [2.05, 4.69) is 15.1 Å². The molecule has 0 amide bonds. The van der Waals surface area contributed by atoms with Crippen molar-refractivity contribution in [2.24, 2.45) is 0 Å². The van der Waals surface area contributed by atoms with E-state index >= 15 is 0 Å². The van der Waals surface area contributed by atoms with Crippen LogP contribution < -0.4 is 5.32 Å². The summed E-state index contributed by atoms with van der Waals surface area (Å²) in [5.41, 5.74) is 0. The molecule has 5 nitrogen and oxygen atoms in total. The summed E-state index contributed by atoms with van der Waals surface area (Å²) in [5, 5.41) is 20.8. The first-order valence-corrected chi connectivity index (χ1v) is 4.81. The van der Waals surface area contributed by atoms with E-state index in [0.29, 0.717) is 12.3 Å². The summed E-state index contributed by atoms with van der Waals surface area (Å²) >= 11 is 0. The highest BCUT2D eigenvalue weighted by Gasteiger charge is 2.41. The van der Waals surface area contributed by atoms with E-state index in [1.165, 1.54) is 0 Å². The lowest BCUT2D eigenvalue weighted by molar-refractivity contribution is 0.251. The first kappa shape index (κ1) is 9.36. The Hall–Kier alpha value is -0.200. The first-order valence-electron chi connectivity index (χ1n) is 4.81. The Bertz CT molecular complexity index is 161. The van der Waals surface area contributed by atoms with Crippen molar-refractivity contribution < 1.29 is 10.2 Å². The molecule has 0 aliphatic carbocycles. The molecule has 0 aromatic heterocycles. The molecule has 13 heavy (non-hydrogen) atoms. The second kappa shape index (κ2) is 3.89. The molecule has 2 rings (SSSR count). The minimum atomic E-state index is 0.239. The maximum atomic E-state index is 8.67. The van der Waals surface area contributed by atoms with Crippen molar-refractivity contribution in [3.8, 4) is 0 Å². The fourth-order valence-electron chi connectivity index (χ4n) is 1.64. The van der Waals surface area contributed by atoms with Crippen LogP contribution in [-0.4, -0.2) is 71.7 Å². The fraction of sp³-hybridized carbons (Fsp3) is 1.00. The molecule has 2 fully saturated rings. The third-order valence-electron chi connectivity index (χ3n) is 2.59. The molecule has 2 heterocycles. The standard InChI is InChI=1S/C8H17N3O2/c12-3-1-10-5-7(10)9-8-6-11(8)2-4-13/h7-9,12-13H,1-6H2. The van der Waals surface area contributed by atoms with E-state index < -0.39 is 0 Å². The highest BCUT2D eigenvalue weighted by atomic mass is 16.3. The molecule has 0 spiro atoms. The molecule has 0 saturated carbocycles. The lowest BCUT2D eigenvalue weighted by atomic mass is 10.6. The van der Waals surface area contributed by atoms with Crippen LogP contribution in [0.1, 0.15) is 0 Å². The number of aliphatic hydroxyl groups excluding tert-OH is 2. The normalized spacial score (nSPS) is 42.0. The van der Waals surface area contributed by atoms with Crippen molar-refractivity contribution in [1.29, 1.82) is 0 Å². The Morgan fingerprint density at radius 2 is 1.46 bits per heavy atom. The van der Waals surface area contributed by atoms with Crippen molar-refractivity contribution in [1.82, 2.24) is 15.1 Å². The Morgan fingerprint density at radius 3 is 1.85 bits per heavy atom. The van der Waals surface area contributed by atoms with Gasteiger partial charge in [-0.2, -0.15) is 0 Å². The number of aliphatic hydroxyl groups is 2. The van der Waals surface area contributed by atoms with Crippen molar-refractivity contribution >= 4 is 0 Å². The topological polar surface area (TPSA) is 58.5 Å². The van der Waals surface area contributed by atoms with Crippen LogP contribution in [0.4, 0.5) is 0 Å². The summed E-state index contributed by atoms with van der Waals surface area (Å²) in [5.74, 6) is 0. The smallest absolute Gasteiger partial charge is 0.0743 e. The molecule has 2 saturated heterocycles. The van der Waals surface area contributed by atoms with Gasteiger partial charge in [-0.1, -0.05) is 0 Å². The summed E-state index contributed by atoms with van der Waals surface area (Å²) in [6.45, 7) is 4.11. The van der Waals surface area contributed by atoms with E-state index in [4.69, 9.17) is 10.2 Å². The SMILES string of the molecule is OCCN1CC1NC1CN1CCO. The van der Waals surface area contributed by atoms with Gasteiger partial charge >= 0.3 is 0 Å². The first-order chi connectivity index (χ1) is 6.35. The summed E-state index contributed by atoms with van der Waals surface area (Å²) in [6.07, 6.45) is 0.918. The van der Waals surface area contributed by atoms with Crippen LogP contribution in [0, 0.1) is 0 Å². The van der Waals surface area contributed by atoms with Gasteiger partial charge in [-0.15, -0.1) is 0 Å². The average Bonchev–Trinajstić information content (AvgIpc) is 2.97. The zero-order valence-corrected chi connectivity index (χ0v) is 7.69. The zero-order valence-electron chi connectivity index (χ0n) is 7.69. The third-order valence-corrected chi connectivity index (χ3v) is 2.59. The van der Waals surface area contributed by atoms with Crippen molar-refractivity contribution in [3.63, 3.8) is 0 Å². The van der Waals surface area contributed by atoms with E-state index in [1.54, 1.807) is 0 Å². The number of β-amino-alcohol motifs (C(OH)–C–C–N with tert-alkyl or cyclic N) is 2. The third kappa shape index (κ3) is 2.38. The summed E-state index contributed by atoms with van der Waals surface area (Å²) in [4.78, 5) is 4.38. The second-order valence-corrected chi connectivity index (χ2v) is 3.64. The minimum absolute atomic E-state index is 0.239. The predicted molar refractivity (Wildman–Crippen MR) is 48.0 cm³/mol. The van der Waals surface area contributed by atoms with E-state index in [9.17, 15) is 0 Å². The van der Waals surface area contributed by atoms with Crippen LogP contribution in [0.15, 0.2) is 0 Å². The van der Waals surface area contributed by atoms with Gasteiger partial charge in [0.05, 0.1) is 25.5 Å². The minimum Gasteiger partial charge on any atom is -0.395 e. The number of hydrogen-bond acceptors (Lipinski definition) is 5. The van der Waals surface area contributed by atoms with Crippen LogP contribution in [0.25, 0.3) is 0 Å². The number of nitrogens with one attached hydrogen (secondary N) is 1. The predicted octanol–water partition coefficient (Wildman–Crippen LogP) is -2.16. The molecule has 4 unspecified atom stereocenters. The van der Waals surface area contributed by atoms with Crippen LogP contribution in [0.5, 0.6) is 0 Å². The van der Waals surface area contributed by atoms with Crippen molar-refractivity contribution in [2.45, 2.75) is 12.3 Å². The average molecular weight is 187 g/mol. The van der Waals surface area contributed by atoms with Gasteiger partial charge < -0.3 is 10.2 Å². The molecule has 0 aromatic carbocycles. The van der Waals surface area contributed by atoms with Gasteiger partial charge in [0.2, 0.25) is 0 Å². The fourth-order valence-corrected chi connectivity index (χ4v) is 1.64. The molecular formula is C8H17N3O2. The summed E-state index contributed by atoms with van der Waals surface area (Å²) in [7, 11) is 0. The molecule has 76 valence electrons. The second-order valence-electron chi connectivity index (χ2n) is 3.64. The molecule has 0 aromatic rings. The molecule has 3 N–H and O–H groups in total. The molecule has 0 bridgehead atoms. The van der Waals surface area contributed by atoms with E-state index in [-0.39, 0.29) is 13.2 Å². The van der Waals surface area contributed by atoms with Crippen molar-refractivity contribution in [2.75, 3.05) is 39.4 Å². The zero-order chi connectivity index (χ0) is 9.26. The largest absolute Gasteiger partial charge is 0.395 e. The molecular weight excluding hydrogens is 170 g/mol. The Balaban J connectivity index is 1.56. The molecule has 0 radical (unpaired) electrons.